The first-order valence-electron chi connectivity index (χ1n) is 9.81. The minimum absolute atomic E-state index is 0.161. The fraction of sp³-hybridized carbons (Fsp3) is 0.476. The van der Waals surface area contributed by atoms with Gasteiger partial charge < -0.3 is 9.47 Å². The van der Waals surface area contributed by atoms with Gasteiger partial charge in [-0.25, -0.2) is 9.97 Å². The molecule has 0 atom stereocenters. The van der Waals surface area contributed by atoms with Crippen molar-refractivity contribution in [3.05, 3.63) is 46.5 Å². The number of carbonyl (C=O) groups excluding carboxylic acids is 1. The zero-order valence-electron chi connectivity index (χ0n) is 15.8. The van der Waals surface area contributed by atoms with E-state index in [4.69, 9.17) is 9.97 Å². The Morgan fingerprint density at radius 2 is 1.78 bits per heavy atom. The maximum atomic E-state index is 13.2. The summed E-state index contributed by atoms with van der Waals surface area (Å²) in [5.74, 6) is 1.66. The van der Waals surface area contributed by atoms with Gasteiger partial charge in [0.05, 0.1) is 10.6 Å². The zero-order valence-corrected chi connectivity index (χ0v) is 16.6. The number of carbonyl (C=O) groups is 1. The molecule has 1 amide bonds. The number of thiophene rings is 1. The minimum Gasteiger partial charge on any atom is -0.351 e. The predicted octanol–water partition coefficient (Wildman–Crippen LogP) is 4.46. The molecule has 0 bridgehead atoms. The van der Waals surface area contributed by atoms with Crippen LogP contribution in [0.3, 0.4) is 0 Å². The summed E-state index contributed by atoms with van der Waals surface area (Å²) in [5.41, 5.74) is 2.06. The highest BCUT2D eigenvalue weighted by atomic mass is 32.1. The molecule has 4 heterocycles. The molecule has 1 saturated carbocycles. The Labute approximate surface area is 163 Å². The van der Waals surface area contributed by atoms with Crippen LogP contribution in [0.5, 0.6) is 0 Å². The van der Waals surface area contributed by atoms with Crippen molar-refractivity contribution in [3.63, 3.8) is 0 Å². The summed E-state index contributed by atoms with van der Waals surface area (Å²) in [5, 5.41) is 1.08. The van der Waals surface area contributed by atoms with E-state index in [9.17, 15) is 4.79 Å². The van der Waals surface area contributed by atoms with Crippen LogP contribution in [0.2, 0.25) is 0 Å². The van der Waals surface area contributed by atoms with Gasteiger partial charge >= 0.3 is 0 Å². The predicted molar refractivity (Wildman–Crippen MR) is 107 cm³/mol. The van der Waals surface area contributed by atoms with E-state index in [0.717, 1.165) is 58.1 Å². The van der Waals surface area contributed by atoms with E-state index in [1.54, 1.807) is 11.3 Å². The normalized spacial score (nSPS) is 18.4. The van der Waals surface area contributed by atoms with Gasteiger partial charge in [0.15, 0.2) is 0 Å². The van der Waals surface area contributed by atoms with Crippen LogP contribution in [-0.4, -0.2) is 38.4 Å². The Balaban J connectivity index is 1.39. The van der Waals surface area contributed by atoms with Gasteiger partial charge in [-0.15, -0.1) is 11.3 Å². The second-order valence-corrected chi connectivity index (χ2v) is 8.83. The Kier molecular flexibility index (Phi) is 4.04. The van der Waals surface area contributed by atoms with E-state index in [2.05, 4.69) is 29.1 Å². The van der Waals surface area contributed by atoms with Gasteiger partial charge in [0, 0.05) is 42.8 Å². The molecule has 1 aliphatic carbocycles. The molecule has 0 unspecified atom stereocenters. The van der Waals surface area contributed by atoms with Gasteiger partial charge in [0.2, 0.25) is 0 Å². The van der Waals surface area contributed by atoms with Gasteiger partial charge in [-0.1, -0.05) is 0 Å². The van der Waals surface area contributed by atoms with Gasteiger partial charge in [-0.2, -0.15) is 0 Å². The van der Waals surface area contributed by atoms with Crippen molar-refractivity contribution in [3.8, 4) is 0 Å². The molecule has 5 nitrogen and oxygen atoms in total. The molecule has 3 aromatic rings. The van der Waals surface area contributed by atoms with Crippen LogP contribution in [0, 0.1) is 13.8 Å². The van der Waals surface area contributed by atoms with E-state index in [0.29, 0.717) is 12.0 Å². The highest BCUT2D eigenvalue weighted by molar-refractivity contribution is 7.20. The number of hydrogen-bond acceptors (Lipinski definition) is 4. The first-order chi connectivity index (χ1) is 13.1. The molecule has 3 aromatic heterocycles. The number of fused-ring (bicyclic) bond motifs is 1. The van der Waals surface area contributed by atoms with Crippen molar-refractivity contribution < 1.29 is 4.79 Å². The molecule has 0 spiro atoms. The van der Waals surface area contributed by atoms with Crippen LogP contribution in [0.15, 0.2) is 24.5 Å². The zero-order chi connectivity index (χ0) is 18.5. The van der Waals surface area contributed by atoms with E-state index < -0.39 is 0 Å². The molecule has 27 heavy (non-hydrogen) atoms. The van der Waals surface area contributed by atoms with Crippen molar-refractivity contribution in [1.82, 2.24) is 19.4 Å². The standard InChI is InChI=1S/C21H24N4OS/c1-13-17-14(2)22-19(15-5-6-15)23-20(17)27-18(13)21(26)25-11-7-16(8-12-25)24-9-3-4-10-24/h3-4,9-10,15-16H,5-8,11-12H2,1-2H3. The summed E-state index contributed by atoms with van der Waals surface area (Å²) in [6.45, 7) is 5.72. The third-order valence-corrected chi connectivity index (χ3v) is 7.10. The Bertz CT molecular complexity index is 995. The lowest BCUT2D eigenvalue weighted by molar-refractivity contribution is 0.0699. The molecule has 2 fully saturated rings. The number of nitrogens with zero attached hydrogens (tertiary/aromatic N) is 4. The first kappa shape index (κ1) is 16.9. The van der Waals surface area contributed by atoms with Crippen LogP contribution in [0.1, 0.15) is 64.4 Å². The molecule has 1 aliphatic heterocycles. The smallest absolute Gasteiger partial charge is 0.264 e. The summed E-state index contributed by atoms with van der Waals surface area (Å²) in [6.07, 6.45) is 8.65. The van der Waals surface area contributed by atoms with Crippen molar-refractivity contribution in [2.75, 3.05) is 13.1 Å². The molecular formula is C21H24N4OS. The summed E-state index contributed by atoms with van der Waals surface area (Å²) < 4.78 is 2.27. The van der Waals surface area contributed by atoms with Crippen molar-refractivity contribution >= 4 is 27.5 Å². The first-order valence-corrected chi connectivity index (χ1v) is 10.6. The van der Waals surface area contributed by atoms with Crippen molar-refractivity contribution in [2.45, 2.75) is 51.5 Å². The largest absolute Gasteiger partial charge is 0.351 e. The molecule has 6 heteroatoms. The number of piperidine rings is 1. The molecule has 140 valence electrons. The molecule has 0 radical (unpaired) electrons. The Morgan fingerprint density at radius 3 is 2.44 bits per heavy atom. The average Bonchev–Trinajstić information content (AvgIpc) is 3.27. The van der Waals surface area contributed by atoms with E-state index >= 15 is 0 Å². The minimum atomic E-state index is 0.161. The van der Waals surface area contributed by atoms with Gasteiger partial charge in [-0.05, 0) is 57.2 Å². The maximum absolute atomic E-state index is 13.2. The monoisotopic (exact) mass is 380 g/mol. The van der Waals surface area contributed by atoms with Crippen LogP contribution in [0.25, 0.3) is 10.2 Å². The summed E-state index contributed by atoms with van der Waals surface area (Å²) in [4.78, 5) is 26.5. The van der Waals surface area contributed by atoms with Crippen LogP contribution >= 0.6 is 11.3 Å². The summed E-state index contributed by atoms with van der Waals surface area (Å²) in [6, 6.07) is 4.64. The number of aryl methyl sites for hydroxylation is 2. The molecular weight excluding hydrogens is 356 g/mol. The van der Waals surface area contributed by atoms with E-state index in [-0.39, 0.29) is 5.91 Å². The second-order valence-electron chi connectivity index (χ2n) is 7.83. The third-order valence-electron chi connectivity index (χ3n) is 5.93. The van der Waals surface area contributed by atoms with Crippen molar-refractivity contribution in [1.29, 1.82) is 0 Å². The highest BCUT2D eigenvalue weighted by Gasteiger charge is 2.30. The third kappa shape index (κ3) is 2.96. The van der Waals surface area contributed by atoms with E-state index in [1.807, 2.05) is 18.7 Å². The van der Waals surface area contributed by atoms with Crippen molar-refractivity contribution in [2.24, 2.45) is 0 Å². The fourth-order valence-corrected chi connectivity index (χ4v) is 5.40. The van der Waals surface area contributed by atoms with E-state index in [1.165, 1.54) is 12.8 Å². The maximum Gasteiger partial charge on any atom is 0.264 e. The van der Waals surface area contributed by atoms with Gasteiger partial charge in [0.1, 0.15) is 10.7 Å². The van der Waals surface area contributed by atoms with Gasteiger partial charge in [0.25, 0.3) is 5.91 Å². The van der Waals surface area contributed by atoms with Crippen LogP contribution in [0.4, 0.5) is 0 Å². The molecule has 0 aromatic carbocycles. The Hall–Kier alpha value is -2.21. The Morgan fingerprint density at radius 1 is 1.07 bits per heavy atom. The van der Waals surface area contributed by atoms with Gasteiger partial charge in [-0.3, -0.25) is 4.79 Å². The highest BCUT2D eigenvalue weighted by Crippen LogP contribution is 2.40. The van der Waals surface area contributed by atoms with Crippen LogP contribution in [-0.2, 0) is 0 Å². The fourth-order valence-electron chi connectivity index (χ4n) is 4.19. The lowest BCUT2D eigenvalue weighted by Gasteiger charge is -2.32. The SMILES string of the molecule is Cc1nc(C2CC2)nc2sc(C(=O)N3CCC(n4cccc4)CC3)c(C)c12. The average molecular weight is 381 g/mol. The molecule has 1 saturated heterocycles. The molecule has 0 N–H and O–H groups in total. The lowest BCUT2D eigenvalue weighted by atomic mass is 10.0. The number of rotatable bonds is 3. The molecule has 2 aliphatic rings. The topological polar surface area (TPSA) is 51.0 Å². The molecule has 5 rings (SSSR count). The number of hydrogen-bond donors (Lipinski definition) is 0. The lowest BCUT2D eigenvalue weighted by Crippen LogP contribution is -2.38. The number of amides is 1. The number of aromatic nitrogens is 3. The quantitative estimate of drug-likeness (QED) is 0.674. The summed E-state index contributed by atoms with van der Waals surface area (Å²) in [7, 11) is 0. The second kappa shape index (κ2) is 6.44. The summed E-state index contributed by atoms with van der Waals surface area (Å²) >= 11 is 1.55. The van der Waals surface area contributed by atoms with Crippen LogP contribution < -0.4 is 0 Å². The number of likely N-dealkylation sites (tertiary alicyclic amines) is 1.